The normalized spacial score (nSPS) is 16.8. The van der Waals surface area contributed by atoms with E-state index in [1.165, 1.54) is 73.0 Å². The van der Waals surface area contributed by atoms with Crippen LogP contribution in [-0.4, -0.2) is 32.0 Å². The minimum Gasteiger partial charge on any atom is -0.392 e. The van der Waals surface area contributed by atoms with Gasteiger partial charge in [-0.1, -0.05) is 68.0 Å². The first-order chi connectivity index (χ1) is 21.9. The number of aliphatic hydroxyl groups is 1. The Kier molecular flexibility index (Phi) is 9.10. The number of allylic oxidation sites excluding steroid dienone is 5. The van der Waals surface area contributed by atoms with Crippen LogP contribution in [0.15, 0.2) is 88.5 Å². The van der Waals surface area contributed by atoms with Gasteiger partial charge in [-0.25, -0.2) is 0 Å². The maximum Gasteiger partial charge on any atom is 0.0693 e. The molecule has 3 heteroatoms. The number of aliphatic imine (C=N–C) groups is 1. The molecule has 1 aliphatic carbocycles. The summed E-state index contributed by atoms with van der Waals surface area (Å²) >= 11 is 0. The number of benzene rings is 4. The van der Waals surface area contributed by atoms with Gasteiger partial charge in [-0.05, 0) is 155 Å². The van der Waals surface area contributed by atoms with Crippen molar-refractivity contribution in [2.75, 3.05) is 25.0 Å². The molecule has 0 bridgehead atoms. The maximum absolute atomic E-state index is 10.8. The van der Waals surface area contributed by atoms with Crippen molar-refractivity contribution in [3.05, 3.63) is 117 Å². The molecule has 1 N–H and O–H groups in total. The third-order valence-electron chi connectivity index (χ3n) is 10.4. The topological polar surface area (TPSA) is 35.8 Å². The quantitative estimate of drug-likeness (QED) is 0.119. The van der Waals surface area contributed by atoms with E-state index in [1.54, 1.807) is 0 Å². The van der Waals surface area contributed by atoms with Crippen LogP contribution in [0.3, 0.4) is 0 Å². The Hall–Kier alpha value is -3.95. The van der Waals surface area contributed by atoms with Gasteiger partial charge in [0.05, 0.1) is 6.61 Å². The van der Waals surface area contributed by atoms with Crippen molar-refractivity contribution in [1.82, 2.24) is 0 Å². The number of anilines is 1. The summed E-state index contributed by atoms with van der Waals surface area (Å²) in [5.74, 6) is 0.450. The Labute approximate surface area is 269 Å². The highest BCUT2D eigenvalue weighted by Gasteiger charge is 2.25. The van der Waals surface area contributed by atoms with Crippen molar-refractivity contribution in [3.63, 3.8) is 0 Å². The minimum atomic E-state index is 0.0102. The SMILES string of the molecule is C=NCCCC1=C/C(=C(\c2ccc3c(C)c4ccccc4c(CO)c3c2)c2cc3c(cc2C)N(C)CCC3)C(C(C)CC)=CC1. The second-order valence-corrected chi connectivity index (χ2v) is 13.2. The zero-order chi connectivity index (χ0) is 31.7. The highest BCUT2D eigenvalue weighted by atomic mass is 16.3. The van der Waals surface area contributed by atoms with Crippen molar-refractivity contribution in [1.29, 1.82) is 0 Å². The molecule has 1 heterocycles. The zero-order valence-corrected chi connectivity index (χ0v) is 27.8. The van der Waals surface area contributed by atoms with Crippen LogP contribution in [0.2, 0.25) is 0 Å². The molecule has 232 valence electrons. The molecule has 0 fully saturated rings. The van der Waals surface area contributed by atoms with Gasteiger partial charge in [0, 0.05) is 25.8 Å². The second-order valence-electron chi connectivity index (χ2n) is 13.2. The molecular weight excluding hydrogens is 548 g/mol. The lowest BCUT2D eigenvalue weighted by atomic mass is 9.77. The van der Waals surface area contributed by atoms with Gasteiger partial charge >= 0.3 is 0 Å². The van der Waals surface area contributed by atoms with Crippen LogP contribution in [0, 0.1) is 19.8 Å². The first-order valence-corrected chi connectivity index (χ1v) is 16.8. The van der Waals surface area contributed by atoms with E-state index in [0.717, 1.165) is 61.5 Å². The number of aliphatic hydroxyl groups excluding tert-OH is 1. The van der Waals surface area contributed by atoms with Gasteiger partial charge in [0.1, 0.15) is 0 Å². The molecule has 2 aliphatic rings. The lowest BCUT2D eigenvalue weighted by Crippen LogP contribution is -2.25. The average molecular weight is 597 g/mol. The molecule has 1 aliphatic heterocycles. The molecule has 0 saturated heterocycles. The Morgan fingerprint density at radius 1 is 1.02 bits per heavy atom. The first kappa shape index (κ1) is 31.0. The van der Waals surface area contributed by atoms with Crippen LogP contribution in [0.4, 0.5) is 5.69 Å². The summed E-state index contributed by atoms with van der Waals surface area (Å²) in [5, 5.41) is 15.5. The van der Waals surface area contributed by atoms with E-state index in [-0.39, 0.29) is 6.61 Å². The highest BCUT2D eigenvalue weighted by molar-refractivity contribution is 6.07. The fourth-order valence-corrected chi connectivity index (χ4v) is 7.65. The molecule has 4 aromatic rings. The van der Waals surface area contributed by atoms with Crippen LogP contribution in [0.25, 0.3) is 27.1 Å². The van der Waals surface area contributed by atoms with E-state index < -0.39 is 0 Å². The van der Waals surface area contributed by atoms with Crippen LogP contribution < -0.4 is 4.90 Å². The first-order valence-electron chi connectivity index (χ1n) is 16.8. The molecule has 0 spiro atoms. The van der Waals surface area contributed by atoms with Crippen molar-refractivity contribution in [3.8, 4) is 0 Å². The van der Waals surface area contributed by atoms with Gasteiger partial charge in [0.2, 0.25) is 0 Å². The van der Waals surface area contributed by atoms with E-state index in [1.807, 2.05) is 0 Å². The molecule has 0 saturated carbocycles. The Bertz CT molecular complexity index is 1870. The second kappa shape index (κ2) is 13.2. The Morgan fingerprint density at radius 2 is 1.80 bits per heavy atom. The smallest absolute Gasteiger partial charge is 0.0693 e. The molecule has 4 aromatic carbocycles. The van der Waals surface area contributed by atoms with E-state index >= 15 is 0 Å². The third-order valence-corrected chi connectivity index (χ3v) is 10.4. The van der Waals surface area contributed by atoms with E-state index in [2.05, 4.69) is 118 Å². The summed E-state index contributed by atoms with van der Waals surface area (Å²) in [7, 11) is 2.22. The number of hydrogen-bond acceptors (Lipinski definition) is 3. The fourth-order valence-electron chi connectivity index (χ4n) is 7.65. The van der Waals surface area contributed by atoms with Crippen molar-refractivity contribution >= 4 is 39.5 Å². The predicted molar refractivity (Wildman–Crippen MR) is 195 cm³/mol. The van der Waals surface area contributed by atoms with E-state index in [9.17, 15) is 5.11 Å². The van der Waals surface area contributed by atoms with Crippen LogP contribution in [0.1, 0.15) is 79.3 Å². The lowest BCUT2D eigenvalue weighted by Gasteiger charge is -2.30. The lowest BCUT2D eigenvalue weighted by molar-refractivity contribution is 0.285. The largest absolute Gasteiger partial charge is 0.392 e. The summed E-state index contributed by atoms with van der Waals surface area (Å²) in [6.07, 6.45) is 11.4. The molecular formula is C42H48N2O. The van der Waals surface area contributed by atoms with Gasteiger partial charge in [0.25, 0.3) is 0 Å². The molecule has 0 amide bonds. The Balaban J connectivity index is 1.68. The third kappa shape index (κ3) is 5.79. The summed E-state index contributed by atoms with van der Waals surface area (Å²) in [5.41, 5.74) is 14.5. The molecule has 3 nitrogen and oxygen atoms in total. The minimum absolute atomic E-state index is 0.0102. The van der Waals surface area contributed by atoms with Crippen LogP contribution in [0.5, 0.6) is 0 Å². The van der Waals surface area contributed by atoms with Gasteiger partial charge in [-0.15, -0.1) is 0 Å². The van der Waals surface area contributed by atoms with E-state index in [0.29, 0.717) is 5.92 Å². The van der Waals surface area contributed by atoms with Gasteiger partial charge in [-0.2, -0.15) is 0 Å². The van der Waals surface area contributed by atoms with Gasteiger partial charge in [0.15, 0.2) is 0 Å². The fraction of sp³-hybridized carbons (Fsp3) is 0.357. The molecule has 0 radical (unpaired) electrons. The maximum atomic E-state index is 10.8. The monoisotopic (exact) mass is 596 g/mol. The van der Waals surface area contributed by atoms with Gasteiger partial charge in [-0.3, -0.25) is 0 Å². The summed E-state index contributed by atoms with van der Waals surface area (Å²) in [6, 6.07) is 20.4. The van der Waals surface area contributed by atoms with Gasteiger partial charge < -0.3 is 15.0 Å². The highest BCUT2D eigenvalue weighted by Crippen LogP contribution is 2.43. The molecule has 0 aromatic heterocycles. The number of fused-ring (bicyclic) bond motifs is 3. The number of hydrogen-bond donors (Lipinski definition) is 1. The van der Waals surface area contributed by atoms with Crippen molar-refractivity contribution < 1.29 is 5.11 Å². The van der Waals surface area contributed by atoms with Crippen molar-refractivity contribution in [2.45, 2.75) is 72.8 Å². The molecule has 6 rings (SSSR count). The van der Waals surface area contributed by atoms with E-state index in [4.69, 9.17) is 0 Å². The molecule has 1 unspecified atom stereocenters. The number of aryl methyl sites for hydroxylation is 3. The summed E-state index contributed by atoms with van der Waals surface area (Å²) < 4.78 is 0. The Morgan fingerprint density at radius 3 is 2.56 bits per heavy atom. The summed E-state index contributed by atoms with van der Waals surface area (Å²) in [4.78, 5) is 6.54. The van der Waals surface area contributed by atoms with Crippen molar-refractivity contribution in [2.24, 2.45) is 10.9 Å². The standard InChI is InChI=1S/C42H48N2O/c1-7-27(2)33-18-16-30(12-10-20-43-5)23-39(33)42(37-24-31-13-11-21-44(6)41(31)22-28(37)3)32-17-19-35-29(4)34-14-8-9-15-36(34)40(26-45)38(35)25-32/h8-9,14-15,17-19,22-25,27,45H,5,7,10-13,16,20-21,26H2,1-4,6H3/b42-39-. The zero-order valence-electron chi connectivity index (χ0n) is 27.8. The predicted octanol–water partition coefficient (Wildman–Crippen LogP) is 10.1. The molecule has 45 heavy (non-hydrogen) atoms. The number of nitrogens with zero attached hydrogens (tertiary/aromatic N) is 2. The molecule has 1 atom stereocenters. The van der Waals surface area contributed by atoms with Crippen LogP contribution >= 0.6 is 0 Å². The average Bonchev–Trinajstić information content (AvgIpc) is 3.06. The summed E-state index contributed by atoms with van der Waals surface area (Å²) in [6.45, 7) is 14.8. The van der Waals surface area contributed by atoms with Crippen LogP contribution in [-0.2, 0) is 13.0 Å². The number of rotatable bonds is 9.